The molecule has 2 heteroatoms. The van der Waals surface area contributed by atoms with E-state index in [2.05, 4.69) is 31.2 Å². The zero-order valence-corrected chi connectivity index (χ0v) is 19.6. The first kappa shape index (κ1) is 23.6. The molecule has 0 aliphatic heterocycles. The second-order valence-corrected chi connectivity index (χ2v) is 9.37. The molecule has 0 aromatic heterocycles. The first-order chi connectivity index (χ1) is 15.2. The van der Waals surface area contributed by atoms with Gasteiger partial charge in [-0.1, -0.05) is 94.7 Å². The highest BCUT2D eigenvalue weighted by Crippen LogP contribution is 2.38. The van der Waals surface area contributed by atoms with E-state index in [-0.39, 0.29) is 5.97 Å². The van der Waals surface area contributed by atoms with Crippen molar-refractivity contribution >= 4 is 5.97 Å². The summed E-state index contributed by atoms with van der Waals surface area (Å²) in [4.78, 5) is 11.1. The Morgan fingerprint density at radius 2 is 1.32 bits per heavy atom. The van der Waals surface area contributed by atoms with Crippen LogP contribution in [-0.2, 0) is 4.79 Å². The Morgan fingerprint density at radius 3 is 1.90 bits per heavy atom. The maximum atomic E-state index is 11.1. The average Bonchev–Trinajstić information content (AvgIpc) is 2.79. The highest BCUT2D eigenvalue weighted by Gasteiger charge is 2.22. The molecule has 1 saturated carbocycles. The van der Waals surface area contributed by atoms with Crippen molar-refractivity contribution in [2.75, 3.05) is 0 Å². The number of ether oxygens (including phenoxy) is 1. The lowest BCUT2D eigenvalue weighted by molar-refractivity contribution is -0.131. The maximum absolute atomic E-state index is 11.1. The van der Waals surface area contributed by atoms with Crippen LogP contribution in [0, 0.1) is 5.92 Å². The van der Waals surface area contributed by atoms with Crippen LogP contribution in [0.2, 0.25) is 0 Å². The first-order valence-electron chi connectivity index (χ1n) is 12.5. The molecule has 0 N–H and O–H groups in total. The molecule has 2 aromatic rings. The highest BCUT2D eigenvalue weighted by molar-refractivity contribution is 5.70. The molecule has 1 aliphatic rings. The van der Waals surface area contributed by atoms with Crippen molar-refractivity contribution in [1.29, 1.82) is 0 Å². The van der Waals surface area contributed by atoms with E-state index in [0.717, 1.165) is 17.4 Å². The summed E-state index contributed by atoms with van der Waals surface area (Å²) < 4.78 is 5.12. The molecule has 2 aromatic carbocycles. The van der Waals surface area contributed by atoms with Gasteiger partial charge >= 0.3 is 5.97 Å². The van der Waals surface area contributed by atoms with Crippen LogP contribution in [-0.4, -0.2) is 5.97 Å². The molecule has 3 rings (SSSR count). The summed E-state index contributed by atoms with van der Waals surface area (Å²) in [5.74, 6) is 2.00. The van der Waals surface area contributed by atoms with Gasteiger partial charge in [0.15, 0.2) is 0 Å². The smallest absolute Gasteiger partial charge is 0.308 e. The second-order valence-electron chi connectivity index (χ2n) is 9.37. The Morgan fingerprint density at radius 1 is 0.774 bits per heavy atom. The molecule has 2 nitrogen and oxygen atoms in total. The van der Waals surface area contributed by atoms with Gasteiger partial charge < -0.3 is 4.74 Å². The van der Waals surface area contributed by atoms with Crippen molar-refractivity contribution < 1.29 is 9.53 Å². The number of hydrogen-bond acceptors (Lipinski definition) is 2. The standard InChI is InChI=1S/C29H40O2/c1-3-4-5-6-7-8-9-10-24-11-13-25(14-12-24)26-15-17-27(18-16-26)28-19-21-29(22-20-28)31-23(2)30/h15-22,24-25H,3-14H2,1-2H3. The molecule has 31 heavy (non-hydrogen) atoms. The van der Waals surface area contributed by atoms with Gasteiger partial charge in [0, 0.05) is 6.92 Å². The van der Waals surface area contributed by atoms with Gasteiger partial charge in [-0.3, -0.25) is 4.79 Å². The Kier molecular flexibility index (Phi) is 9.65. The van der Waals surface area contributed by atoms with Gasteiger partial charge in [-0.2, -0.15) is 0 Å². The molecule has 0 amide bonds. The third kappa shape index (κ3) is 7.83. The fraction of sp³-hybridized carbons (Fsp3) is 0.552. The largest absolute Gasteiger partial charge is 0.427 e. The van der Waals surface area contributed by atoms with E-state index in [0.29, 0.717) is 5.75 Å². The molecular weight excluding hydrogens is 380 g/mol. The second kappa shape index (κ2) is 12.7. The number of unbranched alkanes of at least 4 members (excludes halogenated alkanes) is 6. The lowest BCUT2D eigenvalue weighted by Gasteiger charge is -2.29. The Hall–Kier alpha value is -2.09. The van der Waals surface area contributed by atoms with Crippen molar-refractivity contribution in [3.63, 3.8) is 0 Å². The van der Waals surface area contributed by atoms with Crippen molar-refractivity contribution in [3.05, 3.63) is 54.1 Å². The van der Waals surface area contributed by atoms with Crippen molar-refractivity contribution in [3.8, 4) is 16.9 Å². The Labute approximate surface area is 189 Å². The fourth-order valence-corrected chi connectivity index (χ4v) is 5.00. The molecule has 168 valence electrons. The number of benzene rings is 2. The van der Waals surface area contributed by atoms with Crippen LogP contribution in [0.1, 0.15) is 102 Å². The van der Waals surface area contributed by atoms with Crippen LogP contribution in [0.15, 0.2) is 48.5 Å². The van der Waals surface area contributed by atoms with Crippen molar-refractivity contribution in [2.24, 2.45) is 5.92 Å². The number of rotatable bonds is 11. The topological polar surface area (TPSA) is 26.3 Å². The minimum atomic E-state index is -0.283. The normalized spacial score (nSPS) is 18.6. The van der Waals surface area contributed by atoms with Gasteiger partial charge in [-0.25, -0.2) is 0 Å². The van der Waals surface area contributed by atoms with E-state index in [4.69, 9.17) is 4.74 Å². The molecule has 0 spiro atoms. The SMILES string of the molecule is CCCCCCCCCC1CCC(c2ccc(-c3ccc(OC(C)=O)cc3)cc2)CC1. The summed E-state index contributed by atoms with van der Waals surface area (Å²) in [5.41, 5.74) is 3.86. The third-order valence-corrected chi connectivity index (χ3v) is 6.89. The number of hydrogen-bond donors (Lipinski definition) is 0. The zero-order chi connectivity index (χ0) is 21.9. The minimum absolute atomic E-state index is 0.283. The lowest BCUT2D eigenvalue weighted by atomic mass is 9.77. The highest BCUT2D eigenvalue weighted by atomic mass is 16.5. The van der Waals surface area contributed by atoms with E-state index < -0.39 is 0 Å². The third-order valence-electron chi connectivity index (χ3n) is 6.89. The summed E-state index contributed by atoms with van der Waals surface area (Å²) >= 11 is 0. The van der Waals surface area contributed by atoms with E-state index in [9.17, 15) is 4.79 Å². The molecule has 0 unspecified atom stereocenters. The van der Waals surface area contributed by atoms with Crippen LogP contribution in [0.5, 0.6) is 5.75 Å². The molecule has 0 bridgehead atoms. The molecule has 0 saturated heterocycles. The van der Waals surface area contributed by atoms with Gasteiger partial charge in [0.05, 0.1) is 0 Å². The van der Waals surface area contributed by atoms with Crippen molar-refractivity contribution in [1.82, 2.24) is 0 Å². The number of carbonyl (C=O) groups excluding carboxylic acids is 1. The predicted molar refractivity (Wildman–Crippen MR) is 130 cm³/mol. The summed E-state index contributed by atoms with van der Waals surface area (Å²) in [5, 5.41) is 0. The van der Waals surface area contributed by atoms with Gasteiger partial charge in [-0.05, 0) is 66.3 Å². The predicted octanol–water partition coefficient (Wildman–Crippen LogP) is 8.69. The zero-order valence-electron chi connectivity index (χ0n) is 19.6. The summed E-state index contributed by atoms with van der Waals surface area (Å²) in [6.45, 7) is 3.72. The molecule has 1 aliphatic carbocycles. The maximum Gasteiger partial charge on any atom is 0.308 e. The molecule has 0 atom stereocenters. The fourth-order valence-electron chi connectivity index (χ4n) is 5.00. The number of carbonyl (C=O) groups is 1. The average molecular weight is 421 g/mol. The van der Waals surface area contributed by atoms with E-state index in [1.807, 2.05) is 24.3 Å². The van der Waals surface area contributed by atoms with Gasteiger partial charge in [0.1, 0.15) is 5.75 Å². The van der Waals surface area contributed by atoms with E-state index in [1.165, 1.54) is 95.1 Å². The van der Waals surface area contributed by atoms with Crippen molar-refractivity contribution in [2.45, 2.75) is 96.8 Å². The van der Waals surface area contributed by atoms with Gasteiger partial charge in [0.25, 0.3) is 0 Å². The molecular formula is C29H40O2. The van der Waals surface area contributed by atoms with E-state index in [1.54, 1.807) is 0 Å². The molecule has 1 fully saturated rings. The van der Waals surface area contributed by atoms with Gasteiger partial charge in [0.2, 0.25) is 0 Å². The Bertz CT molecular complexity index is 767. The Balaban J connectivity index is 1.40. The van der Waals surface area contributed by atoms with Crippen LogP contribution in [0.4, 0.5) is 0 Å². The van der Waals surface area contributed by atoms with Crippen LogP contribution >= 0.6 is 0 Å². The molecule has 0 heterocycles. The number of esters is 1. The van der Waals surface area contributed by atoms with Crippen LogP contribution in [0.3, 0.4) is 0 Å². The first-order valence-corrected chi connectivity index (χ1v) is 12.5. The van der Waals surface area contributed by atoms with Crippen LogP contribution in [0.25, 0.3) is 11.1 Å². The quantitative estimate of drug-likeness (QED) is 0.206. The summed E-state index contributed by atoms with van der Waals surface area (Å²) in [6.07, 6.45) is 16.9. The monoisotopic (exact) mass is 420 g/mol. The summed E-state index contributed by atoms with van der Waals surface area (Å²) in [7, 11) is 0. The van der Waals surface area contributed by atoms with Crippen LogP contribution < -0.4 is 4.74 Å². The molecule has 0 radical (unpaired) electrons. The minimum Gasteiger partial charge on any atom is -0.427 e. The van der Waals surface area contributed by atoms with Gasteiger partial charge in [-0.15, -0.1) is 0 Å². The van der Waals surface area contributed by atoms with E-state index >= 15 is 0 Å². The lowest BCUT2D eigenvalue weighted by Crippen LogP contribution is -2.13. The summed E-state index contributed by atoms with van der Waals surface area (Å²) in [6, 6.07) is 16.9.